The molecule has 0 heterocycles. The van der Waals surface area contributed by atoms with Crippen molar-refractivity contribution in [2.24, 2.45) is 0 Å². The van der Waals surface area contributed by atoms with Gasteiger partial charge in [-0.15, -0.1) is 0 Å². The quantitative estimate of drug-likeness (QED) is 0.301. The minimum absolute atomic E-state index is 0. The van der Waals surface area contributed by atoms with E-state index in [1.54, 1.807) is 48.5 Å². The maximum absolute atomic E-state index is 12.1. The molecule has 2 aromatic rings. The Balaban J connectivity index is -0.00000106. The third kappa shape index (κ3) is 12.7. The van der Waals surface area contributed by atoms with Crippen molar-refractivity contribution in [1.29, 1.82) is 0 Å². The fourth-order valence-corrected chi connectivity index (χ4v) is 2.00. The SMILES string of the molecule is Cc1cc(C(=O)/C=C/c2ccc(OCC(=O)O)cc2)ccc1Cl.O.[Cl][Pt+2][Cl].[NH2-].[NH2-]. The zero-order valence-corrected chi connectivity index (χ0v) is 19.7. The number of carboxylic acids is 1. The van der Waals surface area contributed by atoms with Crippen LogP contribution in [0.1, 0.15) is 21.5 Å². The summed E-state index contributed by atoms with van der Waals surface area (Å²) in [6.45, 7) is 1.46. The summed E-state index contributed by atoms with van der Waals surface area (Å²) in [5, 5.41) is 9.16. The molecule has 0 radical (unpaired) electrons. The van der Waals surface area contributed by atoms with Crippen LogP contribution < -0.4 is 4.74 Å². The molecule has 0 amide bonds. The van der Waals surface area contributed by atoms with Crippen molar-refractivity contribution >= 4 is 48.3 Å². The number of hydrogen-bond acceptors (Lipinski definition) is 3. The Hall–Kier alpha value is -1.44. The number of rotatable bonds is 6. The molecule has 0 aromatic heterocycles. The Labute approximate surface area is 190 Å². The van der Waals surface area contributed by atoms with Crippen molar-refractivity contribution in [3.8, 4) is 5.75 Å². The molecule has 0 aliphatic heterocycles. The summed E-state index contributed by atoms with van der Waals surface area (Å²) in [5.74, 6) is -0.682. The van der Waals surface area contributed by atoms with Crippen LogP contribution in [-0.4, -0.2) is 28.9 Å². The van der Waals surface area contributed by atoms with E-state index in [4.69, 9.17) is 40.3 Å². The molecule has 0 spiro atoms. The number of carboxylic acid groups (broad SMARTS) is 1. The smallest absolute Gasteiger partial charge is 0.693 e. The molecule has 7 nitrogen and oxygen atoms in total. The molecule has 11 heteroatoms. The molecule has 29 heavy (non-hydrogen) atoms. The number of carbonyl (C=O) groups excluding carboxylic acids is 1. The first-order valence-corrected chi connectivity index (χ1v) is 13.1. The van der Waals surface area contributed by atoms with Gasteiger partial charge in [0.05, 0.1) is 0 Å². The van der Waals surface area contributed by atoms with Gasteiger partial charge >= 0.3 is 41.3 Å². The largest absolute Gasteiger partial charge is 0.693 e. The minimum Gasteiger partial charge on any atom is -0.693 e. The average Bonchev–Trinajstić information content (AvgIpc) is 2.61. The number of aryl methyl sites for hydroxylation is 1. The van der Waals surface area contributed by atoms with Gasteiger partial charge in [0.15, 0.2) is 12.4 Å². The van der Waals surface area contributed by atoms with E-state index in [1.807, 2.05) is 6.92 Å². The Morgan fingerprint density at radius 1 is 1.10 bits per heavy atom. The summed E-state index contributed by atoms with van der Waals surface area (Å²) < 4.78 is 5.04. The number of aliphatic carboxylic acids is 1. The van der Waals surface area contributed by atoms with Crippen molar-refractivity contribution in [3.05, 3.63) is 82.6 Å². The molecular weight excluding hydrogens is 626 g/mol. The molecule has 0 bridgehead atoms. The topological polar surface area (TPSA) is 162 Å². The monoisotopic (exact) mass is 645 g/mol. The second-order valence-electron chi connectivity index (χ2n) is 4.96. The van der Waals surface area contributed by atoms with Crippen LogP contribution in [0.25, 0.3) is 18.4 Å². The number of benzene rings is 2. The van der Waals surface area contributed by atoms with E-state index >= 15 is 0 Å². The van der Waals surface area contributed by atoms with E-state index in [1.165, 1.54) is 6.08 Å². The van der Waals surface area contributed by atoms with E-state index in [9.17, 15) is 9.59 Å². The number of carbonyl (C=O) groups is 2. The summed E-state index contributed by atoms with van der Waals surface area (Å²) >= 11 is 5.47. The molecular formula is C18H21Cl3N2O5Pt. The van der Waals surface area contributed by atoms with E-state index in [0.29, 0.717) is 16.3 Å². The standard InChI is InChI=1S/C18H15ClO4.2ClH.2H2N.H2O.Pt/c1-12-10-14(5-8-16(12)19)17(20)9-4-13-2-6-15(7-3-13)23-11-18(21)22;;;;;;/h2-10H,11H2,1H3,(H,21,22);2*1H;3*1H2;/q;;;2*-1;;+4/p-2/b9-4+;;;;;;. The summed E-state index contributed by atoms with van der Waals surface area (Å²) in [7, 11) is 9.75. The second-order valence-corrected chi connectivity index (χ2v) is 8.65. The van der Waals surface area contributed by atoms with Gasteiger partial charge < -0.3 is 27.6 Å². The minimum atomic E-state index is -1.03. The normalized spacial score (nSPS) is 9.24. The first-order valence-electron chi connectivity index (χ1n) is 7.13. The zero-order chi connectivity index (χ0) is 19.5. The number of nitrogens with two attached hydrogens (primary N) is 2. The number of halogens is 3. The Kier molecular flexibility index (Phi) is 19.4. The van der Waals surface area contributed by atoms with Crippen LogP contribution in [0.2, 0.25) is 5.02 Å². The molecule has 0 saturated carbocycles. The fourth-order valence-electron chi connectivity index (χ4n) is 1.89. The predicted molar refractivity (Wildman–Crippen MR) is 115 cm³/mol. The first kappa shape index (κ1) is 32.2. The average molecular weight is 647 g/mol. The van der Waals surface area contributed by atoms with Crippen LogP contribution in [0.3, 0.4) is 0 Å². The first-order chi connectivity index (χ1) is 12.4. The summed E-state index contributed by atoms with van der Waals surface area (Å²) in [6, 6.07) is 11.9. The van der Waals surface area contributed by atoms with Crippen LogP contribution in [0.15, 0.2) is 48.5 Å². The molecule has 2 aromatic carbocycles. The molecule has 0 aliphatic carbocycles. The molecule has 0 unspecified atom stereocenters. The van der Waals surface area contributed by atoms with Gasteiger partial charge in [-0.05, 0) is 54.5 Å². The maximum Gasteiger partial charge on any atom is -0.693 e. The molecule has 0 fully saturated rings. The van der Waals surface area contributed by atoms with E-state index < -0.39 is 22.5 Å². The fraction of sp³-hybridized carbons (Fsp3) is 0.111. The Morgan fingerprint density at radius 3 is 2.14 bits per heavy atom. The van der Waals surface area contributed by atoms with E-state index in [-0.39, 0.29) is 30.2 Å². The van der Waals surface area contributed by atoms with Crippen LogP contribution in [-0.2, 0) is 21.3 Å². The molecule has 0 atom stereocenters. The van der Waals surface area contributed by atoms with Gasteiger partial charge in [0.1, 0.15) is 5.75 Å². The number of hydrogen-bond donors (Lipinski definition) is 1. The van der Waals surface area contributed by atoms with Crippen molar-refractivity contribution in [3.63, 3.8) is 0 Å². The van der Waals surface area contributed by atoms with Crippen LogP contribution >= 0.6 is 30.4 Å². The number of ether oxygens (including phenoxy) is 1. The second kappa shape index (κ2) is 17.4. The molecule has 2 rings (SSSR count). The third-order valence-electron chi connectivity index (χ3n) is 3.11. The van der Waals surface area contributed by atoms with Crippen LogP contribution in [0, 0.1) is 6.92 Å². The van der Waals surface area contributed by atoms with Gasteiger partial charge in [-0.3, -0.25) is 4.79 Å². The number of allylic oxidation sites excluding steroid dienone is 1. The zero-order valence-electron chi connectivity index (χ0n) is 15.2. The summed E-state index contributed by atoms with van der Waals surface area (Å²) in [4.78, 5) is 22.5. The van der Waals surface area contributed by atoms with Crippen molar-refractivity contribution in [2.75, 3.05) is 6.61 Å². The van der Waals surface area contributed by atoms with Crippen LogP contribution in [0.4, 0.5) is 0 Å². The van der Waals surface area contributed by atoms with E-state index in [2.05, 4.69) is 0 Å². The Morgan fingerprint density at radius 2 is 1.66 bits per heavy atom. The molecule has 0 aliphatic rings. The summed E-state index contributed by atoms with van der Waals surface area (Å²) in [5.41, 5.74) is 2.24. The molecule has 0 saturated heterocycles. The van der Waals surface area contributed by atoms with Crippen molar-refractivity contribution < 1.29 is 41.4 Å². The van der Waals surface area contributed by atoms with Gasteiger partial charge in [0.25, 0.3) is 0 Å². The predicted octanol–water partition coefficient (Wildman–Crippen LogP) is 5.99. The third-order valence-corrected chi connectivity index (χ3v) is 3.54. The van der Waals surface area contributed by atoms with Crippen LogP contribution in [0.5, 0.6) is 5.75 Å². The van der Waals surface area contributed by atoms with Gasteiger partial charge in [-0.1, -0.05) is 29.8 Å². The van der Waals surface area contributed by atoms with Gasteiger partial charge in [0, 0.05) is 10.6 Å². The molecule has 164 valence electrons. The van der Waals surface area contributed by atoms with Crippen molar-refractivity contribution in [2.45, 2.75) is 6.92 Å². The van der Waals surface area contributed by atoms with Crippen molar-refractivity contribution in [1.82, 2.24) is 0 Å². The summed E-state index contributed by atoms with van der Waals surface area (Å²) in [6.07, 6.45) is 3.17. The van der Waals surface area contributed by atoms with Gasteiger partial charge in [-0.25, -0.2) is 4.79 Å². The van der Waals surface area contributed by atoms with E-state index in [0.717, 1.165) is 11.1 Å². The van der Waals surface area contributed by atoms with Gasteiger partial charge in [-0.2, -0.15) is 0 Å². The maximum atomic E-state index is 12.1. The molecule has 7 N–H and O–H groups in total. The Bertz CT molecular complexity index is 790. The number of ketones is 1. The van der Waals surface area contributed by atoms with Gasteiger partial charge in [0.2, 0.25) is 0 Å².